The lowest BCUT2D eigenvalue weighted by atomic mass is 9.84. The number of carbonyl (C=O) groups is 2. The summed E-state index contributed by atoms with van der Waals surface area (Å²) in [5.74, 6) is 0.232. The SMILES string of the molecule is COc1cccc(CNC[C@@H](O)[C@H](Cc2ccccc2)NC(=O)c2cc(C(=O)N(C)Cc3nc(C)cs3)cc(C(C)(C)C)c2)c1. The summed E-state index contributed by atoms with van der Waals surface area (Å²) in [5.41, 5.74) is 4.32. The number of nitrogens with zero attached hydrogens (tertiary/aromatic N) is 2. The van der Waals surface area contributed by atoms with Crippen molar-refractivity contribution >= 4 is 23.2 Å². The van der Waals surface area contributed by atoms with Gasteiger partial charge in [0.2, 0.25) is 0 Å². The second kappa shape index (κ2) is 15.3. The van der Waals surface area contributed by atoms with Gasteiger partial charge in [-0.05, 0) is 65.8 Å². The van der Waals surface area contributed by atoms with E-state index in [4.69, 9.17) is 4.74 Å². The zero-order valence-electron chi connectivity index (χ0n) is 27.0. The molecule has 0 aliphatic rings. The molecule has 0 aliphatic heterocycles. The first-order valence-electron chi connectivity index (χ1n) is 15.1. The van der Waals surface area contributed by atoms with Gasteiger partial charge in [-0.15, -0.1) is 11.3 Å². The topological polar surface area (TPSA) is 104 Å². The molecule has 2 atom stereocenters. The number of carbonyl (C=O) groups excluding carboxylic acids is 2. The normalized spacial score (nSPS) is 12.8. The van der Waals surface area contributed by atoms with Gasteiger partial charge in [0, 0.05) is 42.3 Å². The van der Waals surface area contributed by atoms with E-state index in [1.54, 1.807) is 25.1 Å². The van der Waals surface area contributed by atoms with Crippen LogP contribution in [-0.2, 0) is 24.9 Å². The van der Waals surface area contributed by atoms with Crippen molar-refractivity contribution in [1.82, 2.24) is 20.5 Å². The molecule has 4 aromatic rings. The Labute approximate surface area is 270 Å². The number of nitrogens with one attached hydrogen (secondary N) is 2. The molecule has 45 heavy (non-hydrogen) atoms. The molecule has 9 heteroatoms. The Morgan fingerprint density at radius 2 is 1.71 bits per heavy atom. The number of aliphatic hydroxyl groups excluding tert-OH is 1. The zero-order valence-corrected chi connectivity index (χ0v) is 27.8. The quantitative estimate of drug-likeness (QED) is 0.180. The van der Waals surface area contributed by atoms with Crippen LogP contribution in [0.1, 0.15) is 68.9 Å². The second-order valence-corrected chi connectivity index (χ2v) is 13.4. The molecule has 0 saturated heterocycles. The highest BCUT2D eigenvalue weighted by Gasteiger charge is 2.26. The third kappa shape index (κ3) is 9.72. The van der Waals surface area contributed by atoms with Crippen molar-refractivity contribution in [1.29, 1.82) is 0 Å². The number of hydrogen-bond donors (Lipinski definition) is 3. The number of benzene rings is 3. The van der Waals surface area contributed by atoms with Gasteiger partial charge >= 0.3 is 0 Å². The minimum atomic E-state index is -0.875. The fraction of sp³-hybridized carbons (Fsp3) is 0.361. The number of aromatic nitrogens is 1. The van der Waals surface area contributed by atoms with Crippen molar-refractivity contribution < 1.29 is 19.4 Å². The maximum Gasteiger partial charge on any atom is 0.254 e. The van der Waals surface area contributed by atoms with Crippen molar-refractivity contribution in [3.05, 3.63) is 117 Å². The standard InChI is InChI=1S/C36H44N4O4S/c1-24-23-45-33(38-24)22-40(5)35(43)28-17-27(18-29(19-28)36(2,3)4)34(42)39-31(16-25-11-8-7-9-12-25)32(41)21-37-20-26-13-10-14-30(15-26)44-6/h7-15,17-19,23,31-32,37,41H,16,20-22H2,1-6H3,(H,39,42)/t31-,32+/m0/s1. The third-order valence-electron chi connectivity index (χ3n) is 7.59. The summed E-state index contributed by atoms with van der Waals surface area (Å²) in [7, 11) is 3.37. The largest absolute Gasteiger partial charge is 0.497 e. The molecule has 4 rings (SSSR count). The van der Waals surface area contributed by atoms with E-state index in [1.807, 2.05) is 79.0 Å². The maximum absolute atomic E-state index is 13.8. The monoisotopic (exact) mass is 628 g/mol. The number of thiazole rings is 1. The van der Waals surface area contributed by atoms with Crippen LogP contribution in [0, 0.1) is 6.92 Å². The molecule has 0 spiro atoms. The number of aliphatic hydroxyl groups is 1. The van der Waals surface area contributed by atoms with E-state index in [0.717, 1.165) is 33.1 Å². The van der Waals surface area contributed by atoms with E-state index in [0.29, 0.717) is 30.6 Å². The van der Waals surface area contributed by atoms with Gasteiger partial charge in [0.1, 0.15) is 10.8 Å². The Kier molecular flexibility index (Phi) is 11.5. The van der Waals surface area contributed by atoms with Gasteiger partial charge in [0.15, 0.2) is 0 Å². The summed E-state index contributed by atoms with van der Waals surface area (Å²) in [4.78, 5) is 33.5. The Morgan fingerprint density at radius 1 is 1.00 bits per heavy atom. The number of hydrogen-bond acceptors (Lipinski definition) is 7. The molecule has 1 aromatic heterocycles. The predicted molar refractivity (Wildman–Crippen MR) is 180 cm³/mol. The molecule has 0 fully saturated rings. The molecule has 3 aromatic carbocycles. The highest BCUT2D eigenvalue weighted by Crippen LogP contribution is 2.26. The summed E-state index contributed by atoms with van der Waals surface area (Å²) >= 11 is 1.52. The highest BCUT2D eigenvalue weighted by atomic mass is 32.1. The van der Waals surface area contributed by atoms with Crippen LogP contribution in [0.5, 0.6) is 5.75 Å². The Balaban J connectivity index is 1.54. The van der Waals surface area contributed by atoms with E-state index in [9.17, 15) is 14.7 Å². The van der Waals surface area contributed by atoms with E-state index in [2.05, 4.69) is 36.4 Å². The van der Waals surface area contributed by atoms with Gasteiger partial charge in [0.25, 0.3) is 11.8 Å². The minimum Gasteiger partial charge on any atom is -0.497 e. The summed E-state index contributed by atoms with van der Waals surface area (Å²) in [5, 5.41) is 20.5. The van der Waals surface area contributed by atoms with Gasteiger partial charge in [0.05, 0.1) is 25.8 Å². The number of rotatable bonds is 13. The van der Waals surface area contributed by atoms with Crippen LogP contribution >= 0.6 is 11.3 Å². The van der Waals surface area contributed by atoms with Gasteiger partial charge in [-0.3, -0.25) is 9.59 Å². The lowest BCUT2D eigenvalue weighted by Crippen LogP contribution is -2.48. The molecule has 0 radical (unpaired) electrons. The molecule has 0 unspecified atom stereocenters. The predicted octanol–water partition coefficient (Wildman–Crippen LogP) is 5.52. The molecule has 3 N–H and O–H groups in total. The van der Waals surface area contributed by atoms with Gasteiger partial charge < -0.3 is 25.4 Å². The van der Waals surface area contributed by atoms with Crippen LogP contribution in [0.25, 0.3) is 0 Å². The lowest BCUT2D eigenvalue weighted by molar-refractivity contribution is 0.0784. The summed E-state index contributed by atoms with van der Waals surface area (Å²) in [6, 6.07) is 22.3. The molecular weight excluding hydrogens is 584 g/mol. The van der Waals surface area contributed by atoms with Gasteiger partial charge in [-0.25, -0.2) is 4.98 Å². The Bertz CT molecular complexity index is 1580. The van der Waals surface area contributed by atoms with Crippen LogP contribution in [0.4, 0.5) is 0 Å². The Morgan fingerprint density at radius 3 is 2.38 bits per heavy atom. The highest BCUT2D eigenvalue weighted by molar-refractivity contribution is 7.09. The molecule has 2 amide bonds. The molecule has 1 heterocycles. The van der Waals surface area contributed by atoms with E-state index in [1.165, 1.54) is 11.3 Å². The number of aryl methyl sites for hydroxylation is 1. The fourth-order valence-corrected chi connectivity index (χ4v) is 5.80. The summed E-state index contributed by atoms with van der Waals surface area (Å²) < 4.78 is 5.31. The van der Waals surface area contributed by atoms with Crippen molar-refractivity contribution in [2.45, 2.75) is 64.8 Å². The van der Waals surface area contributed by atoms with Crippen molar-refractivity contribution in [2.24, 2.45) is 0 Å². The van der Waals surface area contributed by atoms with E-state index < -0.39 is 12.1 Å². The fourth-order valence-electron chi connectivity index (χ4n) is 4.98. The number of ether oxygens (including phenoxy) is 1. The molecule has 0 saturated carbocycles. The van der Waals surface area contributed by atoms with Crippen molar-refractivity contribution in [3.63, 3.8) is 0 Å². The molecule has 238 valence electrons. The molecule has 0 aliphatic carbocycles. The summed E-state index contributed by atoms with van der Waals surface area (Å²) in [6.07, 6.45) is -0.436. The van der Waals surface area contributed by atoms with E-state index >= 15 is 0 Å². The van der Waals surface area contributed by atoms with Crippen LogP contribution in [0.3, 0.4) is 0 Å². The van der Waals surface area contributed by atoms with Crippen molar-refractivity contribution in [2.75, 3.05) is 20.7 Å². The Hall–Kier alpha value is -4.05. The minimum absolute atomic E-state index is 0.189. The van der Waals surface area contributed by atoms with Gasteiger partial charge in [-0.2, -0.15) is 0 Å². The first-order valence-corrected chi connectivity index (χ1v) is 16.0. The first kappa shape index (κ1) is 33.8. The maximum atomic E-state index is 13.8. The first-order chi connectivity index (χ1) is 21.4. The molecular formula is C36H44N4O4S. The van der Waals surface area contributed by atoms with Gasteiger partial charge in [-0.1, -0.05) is 63.2 Å². The number of amides is 2. The lowest BCUT2D eigenvalue weighted by Gasteiger charge is -2.26. The summed E-state index contributed by atoms with van der Waals surface area (Å²) in [6.45, 7) is 9.27. The van der Waals surface area contributed by atoms with Crippen LogP contribution in [-0.4, -0.2) is 59.7 Å². The van der Waals surface area contributed by atoms with Crippen molar-refractivity contribution in [3.8, 4) is 5.75 Å². The average Bonchev–Trinajstić information content (AvgIpc) is 3.44. The number of methoxy groups -OCH3 is 1. The van der Waals surface area contributed by atoms with Crippen LogP contribution in [0.15, 0.2) is 78.2 Å². The second-order valence-electron chi connectivity index (χ2n) is 12.4. The molecule has 0 bridgehead atoms. The molecule has 8 nitrogen and oxygen atoms in total. The zero-order chi connectivity index (χ0) is 32.6. The van der Waals surface area contributed by atoms with Crippen LogP contribution < -0.4 is 15.4 Å². The smallest absolute Gasteiger partial charge is 0.254 e. The van der Waals surface area contributed by atoms with Crippen LogP contribution in [0.2, 0.25) is 0 Å². The third-order valence-corrected chi connectivity index (χ3v) is 8.54. The average molecular weight is 629 g/mol. The van der Waals surface area contributed by atoms with E-state index in [-0.39, 0.29) is 23.8 Å².